The number of hydrogen-bond acceptors (Lipinski definition) is 2. The van der Waals surface area contributed by atoms with Gasteiger partial charge in [0.15, 0.2) is 0 Å². The summed E-state index contributed by atoms with van der Waals surface area (Å²) in [6.45, 7) is 5.06. The summed E-state index contributed by atoms with van der Waals surface area (Å²) in [5, 5.41) is 0. The van der Waals surface area contributed by atoms with Gasteiger partial charge in [0.05, 0.1) is 18.8 Å². The van der Waals surface area contributed by atoms with Crippen LogP contribution in [0.2, 0.25) is 0 Å². The third-order valence-corrected chi connectivity index (χ3v) is 4.19. The number of ether oxygens (including phenoxy) is 2. The van der Waals surface area contributed by atoms with Crippen molar-refractivity contribution in [3.63, 3.8) is 0 Å². The SMILES string of the molecule is COC(COC1CCCCC1Br)C(C)C. The Morgan fingerprint density at radius 2 is 1.93 bits per heavy atom. The Kier molecular flexibility index (Phi) is 6.17. The van der Waals surface area contributed by atoms with Crippen LogP contribution in [0.25, 0.3) is 0 Å². The largest absolute Gasteiger partial charge is 0.379 e. The average molecular weight is 279 g/mol. The van der Waals surface area contributed by atoms with Gasteiger partial charge in [0, 0.05) is 11.9 Å². The first-order valence-corrected chi connectivity index (χ1v) is 6.85. The third-order valence-electron chi connectivity index (χ3n) is 3.14. The zero-order valence-corrected chi connectivity index (χ0v) is 11.6. The van der Waals surface area contributed by atoms with Gasteiger partial charge in [-0.25, -0.2) is 0 Å². The lowest BCUT2D eigenvalue weighted by molar-refractivity contribution is -0.0514. The first-order valence-electron chi connectivity index (χ1n) is 5.93. The second-order valence-electron chi connectivity index (χ2n) is 4.69. The van der Waals surface area contributed by atoms with Crippen molar-refractivity contribution in [3.05, 3.63) is 0 Å². The fraction of sp³-hybridized carbons (Fsp3) is 1.00. The van der Waals surface area contributed by atoms with E-state index in [1.165, 1.54) is 25.7 Å². The average Bonchev–Trinajstić information content (AvgIpc) is 2.21. The Labute approximate surface area is 102 Å². The molecule has 3 atom stereocenters. The van der Waals surface area contributed by atoms with Gasteiger partial charge < -0.3 is 9.47 Å². The Balaban J connectivity index is 2.27. The summed E-state index contributed by atoms with van der Waals surface area (Å²) in [5.74, 6) is 0.521. The van der Waals surface area contributed by atoms with Crippen molar-refractivity contribution in [2.45, 2.75) is 56.6 Å². The van der Waals surface area contributed by atoms with Crippen LogP contribution in [0.15, 0.2) is 0 Å². The van der Waals surface area contributed by atoms with E-state index in [-0.39, 0.29) is 6.10 Å². The van der Waals surface area contributed by atoms with Crippen LogP contribution in [0.5, 0.6) is 0 Å². The van der Waals surface area contributed by atoms with Gasteiger partial charge in [-0.2, -0.15) is 0 Å². The van der Waals surface area contributed by atoms with Gasteiger partial charge in [-0.05, 0) is 18.8 Å². The van der Waals surface area contributed by atoms with Gasteiger partial charge in [-0.1, -0.05) is 42.6 Å². The van der Waals surface area contributed by atoms with Crippen molar-refractivity contribution in [2.24, 2.45) is 5.92 Å². The molecule has 0 aromatic heterocycles. The number of methoxy groups -OCH3 is 1. The molecule has 0 heterocycles. The zero-order valence-electron chi connectivity index (χ0n) is 10.0. The first kappa shape index (κ1) is 13.5. The molecule has 1 aliphatic carbocycles. The summed E-state index contributed by atoms with van der Waals surface area (Å²) in [4.78, 5) is 0.538. The molecule has 0 bridgehead atoms. The summed E-state index contributed by atoms with van der Waals surface area (Å²) in [6, 6.07) is 0. The molecule has 0 aromatic carbocycles. The quantitative estimate of drug-likeness (QED) is 0.718. The molecule has 0 aromatic rings. The van der Waals surface area contributed by atoms with E-state index in [1.54, 1.807) is 7.11 Å². The molecule has 3 heteroatoms. The van der Waals surface area contributed by atoms with E-state index < -0.39 is 0 Å². The minimum Gasteiger partial charge on any atom is -0.379 e. The van der Waals surface area contributed by atoms with E-state index in [4.69, 9.17) is 9.47 Å². The summed E-state index contributed by atoms with van der Waals surface area (Å²) in [6.07, 6.45) is 5.66. The molecule has 1 saturated carbocycles. The van der Waals surface area contributed by atoms with Crippen molar-refractivity contribution in [1.29, 1.82) is 0 Å². The number of halogens is 1. The maximum Gasteiger partial charge on any atom is 0.0827 e. The smallest absolute Gasteiger partial charge is 0.0827 e. The molecule has 90 valence electrons. The van der Waals surface area contributed by atoms with Crippen LogP contribution in [0.4, 0.5) is 0 Å². The molecule has 0 spiro atoms. The molecular formula is C12H23BrO2. The van der Waals surface area contributed by atoms with Gasteiger partial charge in [-0.15, -0.1) is 0 Å². The Hall–Kier alpha value is 0.400. The molecule has 0 aliphatic heterocycles. The second kappa shape index (κ2) is 6.87. The summed E-state index contributed by atoms with van der Waals surface area (Å²) < 4.78 is 11.3. The minimum absolute atomic E-state index is 0.228. The minimum atomic E-state index is 0.228. The summed E-state index contributed by atoms with van der Waals surface area (Å²) >= 11 is 3.70. The third kappa shape index (κ3) is 4.41. The summed E-state index contributed by atoms with van der Waals surface area (Å²) in [5.41, 5.74) is 0. The van der Waals surface area contributed by atoms with E-state index in [0.29, 0.717) is 16.8 Å². The van der Waals surface area contributed by atoms with Crippen molar-refractivity contribution in [3.8, 4) is 0 Å². The molecule has 15 heavy (non-hydrogen) atoms. The normalized spacial score (nSPS) is 29.4. The van der Waals surface area contributed by atoms with Crippen LogP contribution in [0.1, 0.15) is 39.5 Å². The number of rotatable bonds is 5. The molecule has 0 N–H and O–H groups in total. The molecule has 2 nitrogen and oxygen atoms in total. The molecule has 0 amide bonds. The molecule has 1 rings (SSSR count). The highest BCUT2D eigenvalue weighted by molar-refractivity contribution is 9.09. The van der Waals surface area contributed by atoms with Crippen molar-refractivity contribution >= 4 is 15.9 Å². The van der Waals surface area contributed by atoms with E-state index in [2.05, 4.69) is 29.8 Å². The van der Waals surface area contributed by atoms with Crippen LogP contribution in [-0.2, 0) is 9.47 Å². The molecule has 0 saturated heterocycles. The predicted molar refractivity (Wildman–Crippen MR) is 66.6 cm³/mol. The van der Waals surface area contributed by atoms with Gasteiger partial charge in [-0.3, -0.25) is 0 Å². The van der Waals surface area contributed by atoms with Crippen LogP contribution in [-0.4, -0.2) is 30.8 Å². The van der Waals surface area contributed by atoms with Crippen LogP contribution >= 0.6 is 15.9 Å². The zero-order chi connectivity index (χ0) is 11.3. The number of hydrogen-bond donors (Lipinski definition) is 0. The molecule has 3 unspecified atom stereocenters. The summed E-state index contributed by atoms with van der Waals surface area (Å²) in [7, 11) is 1.76. The van der Waals surface area contributed by atoms with Crippen molar-refractivity contribution in [1.82, 2.24) is 0 Å². The molecular weight excluding hydrogens is 256 g/mol. The number of alkyl halides is 1. The maximum atomic E-state index is 5.94. The molecule has 1 aliphatic rings. The standard InChI is InChI=1S/C12H23BrO2/c1-9(2)12(14-3)8-15-11-7-5-4-6-10(11)13/h9-12H,4-8H2,1-3H3. The highest BCUT2D eigenvalue weighted by atomic mass is 79.9. The Morgan fingerprint density at radius 1 is 1.27 bits per heavy atom. The van der Waals surface area contributed by atoms with Gasteiger partial charge in [0.25, 0.3) is 0 Å². The lowest BCUT2D eigenvalue weighted by atomic mass is 9.97. The van der Waals surface area contributed by atoms with Crippen LogP contribution in [0.3, 0.4) is 0 Å². The topological polar surface area (TPSA) is 18.5 Å². The van der Waals surface area contributed by atoms with E-state index in [0.717, 1.165) is 6.61 Å². The van der Waals surface area contributed by atoms with Crippen LogP contribution in [0, 0.1) is 5.92 Å². The Bertz CT molecular complexity index is 173. The highest BCUT2D eigenvalue weighted by Crippen LogP contribution is 2.27. The highest BCUT2D eigenvalue weighted by Gasteiger charge is 2.24. The van der Waals surface area contributed by atoms with E-state index in [1.807, 2.05) is 0 Å². The first-order chi connectivity index (χ1) is 7.15. The molecule has 0 radical (unpaired) electrons. The fourth-order valence-corrected chi connectivity index (χ4v) is 2.73. The Morgan fingerprint density at radius 3 is 2.47 bits per heavy atom. The van der Waals surface area contributed by atoms with Gasteiger partial charge >= 0.3 is 0 Å². The van der Waals surface area contributed by atoms with E-state index >= 15 is 0 Å². The van der Waals surface area contributed by atoms with Crippen LogP contribution < -0.4 is 0 Å². The maximum absolute atomic E-state index is 5.94. The van der Waals surface area contributed by atoms with Crippen molar-refractivity contribution in [2.75, 3.05) is 13.7 Å². The fourth-order valence-electron chi connectivity index (χ4n) is 1.99. The monoisotopic (exact) mass is 278 g/mol. The lowest BCUT2D eigenvalue weighted by Gasteiger charge is -2.29. The predicted octanol–water partition coefficient (Wildman–Crippen LogP) is 3.38. The lowest BCUT2D eigenvalue weighted by Crippen LogP contribution is -2.33. The van der Waals surface area contributed by atoms with Gasteiger partial charge in [0.1, 0.15) is 0 Å². The molecule has 1 fully saturated rings. The van der Waals surface area contributed by atoms with E-state index in [9.17, 15) is 0 Å². The van der Waals surface area contributed by atoms with Gasteiger partial charge in [0.2, 0.25) is 0 Å². The van der Waals surface area contributed by atoms with Crippen molar-refractivity contribution < 1.29 is 9.47 Å². The second-order valence-corrected chi connectivity index (χ2v) is 5.87.